The number of aromatic nitrogens is 1. The minimum atomic E-state index is -0.411. The number of rotatable bonds is 11. The van der Waals surface area contributed by atoms with Gasteiger partial charge in [-0.2, -0.15) is 0 Å². The number of Topliss-reactive ketones (excluding diaryl/α,β-unsaturated/α-hetero) is 1. The minimum absolute atomic E-state index is 0.0212. The molecule has 6 nitrogen and oxygen atoms in total. The van der Waals surface area contributed by atoms with Crippen molar-refractivity contribution in [3.63, 3.8) is 0 Å². The molecule has 38 heavy (non-hydrogen) atoms. The van der Waals surface area contributed by atoms with Gasteiger partial charge in [0, 0.05) is 53.2 Å². The summed E-state index contributed by atoms with van der Waals surface area (Å²) in [5.41, 5.74) is 5.68. The molecule has 0 unspecified atom stereocenters. The summed E-state index contributed by atoms with van der Waals surface area (Å²) in [6.07, 6.45) is 2.54. The van der Waals surface area contributed by atoms with E-state index in [1.165, 1.54) is 29.6 Å². The van der Waals surface area contributed by atoms with E-state index in [-0.39, 0.29) is 23.8 Å². The number of non-ortho nitro benzene ring substituents is 1. The third-order valence-corrected chi connectivity index (χ3v) is 7.02. The van der Waals surface area contributed by atoms with Crippen molar-refractivity contribution in [2.45, 2.75) is 51.0 Å². The molecule has 4 aromatic rings. The second-order valence-electron chi connectivity index (χ2n) is 9.58. The van der Waals surface area contributed by atoms with E-state index in [2.05, 4.69) is 54.0 Å². The van der Waals surface area contributed by atoms with E-state index < -0.39 is 4.92 Å². The highest BCUT2D eigenvalue weighted by Crippen LogP contribution is 2.28. The topological polar surface area (TPSA) is 77.5 Å². The quantitative estimate of drug-likeness (QED) is 0.0657. The van der Waals surface area contributed by atoms with Gasteiger partial charge >= 0.3 is 0 Å². The Hall–Kier alpha value is -3.97. The van der Waals surface area contributed by atoms with Crippen LogP contribution < -0.4 is 0 Å². The summed E-state index contributed by atoms with van der Waals surface area (Å²) in [5.74, 6) is 0.134. The van der Waals surface area contributed by atoms with Gasteiger partial charge in [0.15, 0.2) is 5.78 Å². The molecule has 0 radical (unpaired) electrons. The molecule has 0 atom stereocenters. The van der Waals surface area contributed by atoms with Crippen molar-refractivity contribution in [1.29, 1.82) is 0 Å². The van der Waals surface area contributed by atoms with E-state index in [1.807, 2.05) is 48.7 Å². The van der Waals surface area contributed by atoms with Crippen LogP contribution in [0.1, 0.15) is 64.6 Å². The van der Waals surface area contributed by atoms with Crippen molar-refractivity contribution in [2.24, 2.45) is 4.40 Å². The van der Waals surface area contributed by atoms with Gasteiger partial charge in [-0.15, -0.1) is 0 Å². The summed E-state index contributed by atoms with van der Waals surface area (Å²) >= 11 is 1.40. The maximum atomic E-state index is 13.5. The second kappa shape index (κ2) is 12.5. The number of nitro groups is 1. The van der Waals surface area contributed by atoms with Crippen LogP contribution in [0, 0.1) is 17.0 Å². The van der Waals surface area contributed by atoms with Crippen molar-refractivity contribution < 1.29 is 9.72 Å². The fourth-order valence-electron chi connectivity index (χ4n) is 4.44. The zero-order valence-electron chi connectivity index (χ0n) is 21.8. The second-order valence-corrected chi connectivity index (χ2v) is 10.4. The first-order valence-corrected chi connectivity index (χ1v) is 13.4. The average molecular weight is 526 g/mol. The summed E-state index contributed by atoms with van der Waals surface area (Å²) in [7, 11) is 0. The Bertz CT molecular complexity index is 1440. The maximum Gasteiger partial charge on any atom is 0.269 e. The van der Waals surface area contributed by atoms with Crippen molar-refractivity contribution in [3.8, 4) is 0 Å². The molecule has 194 valence electrons. The van der Waals surface area contributed by atoms with Gasteiger partial charge in [-0.05, 0) is 48.6 Å². The Balaban J connectivity index is 1.64. The van der Waals surface area contributed by atoms with Crippen molar-refractivity contribution in [3.05, 3.63) is 129 Å². The van der Waals surface area contributed by atoms with Gasteiger partial charge in [0.1, 0.15) is 0 Å². The van der Waals surface area contributed by atoms with Gasteiger partial charge < -0.3 is 4.57 Å². The summed E-state index contributed by atoms with van der Waals surface area (Å²) in [4.78, 5) is 25.3. The largest absolute Gasteiger partial charge is 0.338 e. The molecule has 0 fully saturated rings. The lowest BCUT2D eigenvalue weighted by Crippen LogP contribution is -2.12. The van der Waals surface area contributed by atoms with Crippen LogP contribution in [-0.2, 0) is 13.0 Å². The molecule has 0 aliphatic carbocycles. The fourth-order valence-corrected chi connectivity index (χ4v) is 4.98. The summed E-state index contributed by atoms with van der Waals surface area (Å²) in [5, 5.41) is 11.1. The van der Waals surface area contributed by atoms with Crippen LogP contribution in [0.15, 0.2) is 94.2 Å². The maximum absolute atomic E-state index is 13.5. The number of nitrogens with zero attached hydrogens (tertiary/aromatic N) is 3. The van der Waals surface area contributed by atoms with E-state index in [0.717, 1.165) is 27.4 Å². The molecule has 0 N–H and O–H groups in total. The first-order chi connectivity index (χ1) is 18.3. The molecular weight excluding hydrogens is 494 g/mol. The lowest BCUT2D eigenvalue weighted by Gasteiger charge is -2.16. The lowest BCUT2D eigenvalue weighted by atomic mass is 9.98. The van der Waals surface area contributed by atoms with E-state index in [4.69, 9.17) is 0 Å². The van der Waals surface area contributed by atoms with Crippen molar-refractivity contribution >= 4 is 29.6 Å². The SMILES string of the molecule is Cc1ccc(S/N=C/c2cc(C(=O)CCc3cccc([N+](=O)[O-])c3)c(C(C)C)n2Cc2ccccc2)cc1. The predicted molar refractivity (Wildman–Crippen MR) is 154 cm³/mol. The molecule has 1 heterocycles. The lowest BCUT2D eigenvalue weighted by molar-refractivity contribution is -0.384. The smallest absolute Gasteiger partial charge is 0.269 e. The van der Waals surface area contributed by atoms with Crippen LogP contribution in [0.25, 0.3) is 0 Å². The monoisotopic (exact) mass is 525 g/mol. The average Bonchev–Trinajstić information content (AvgIpc) is 3.27. The van der Waals surface area contributed by atoms with Gasteiger partial charge in [0.05, 0.1) is 16.8 Å². The van der Waals surface area contributed by atoms with Crippen LogP contribution >= 0.6 is 11.9 Å². The van der Waals surface area contributed by atoms with E-state index >= 15 is 0 Å². The molecular formula is C31H31N3O3S. The van der Waals surface area contributed by atoms with Crippen LogP contribution in [0.4, 0.5) is 5.69 Å². The number of aryl methyl sites for hydroxylation is 2. The highest BCUT2D eigenvalue weighted by molar-refractivity contribution is 7.98. The highest BCUT2D eigenvalue weighted by Gasteiger charge is 2.22. The van der Waals surface area contributed by atoms with E-state index in [0.29, 0.717) is 18.5 Å². The third kappa shape index (κ3) is 6.86. The number of nitro benzene ring substituents is 1. The van der Waals surface area contributed by atoms with Gasteiger partial charge in [-0.3, -0.25) is 14.9 Å². The fraction of sp³-hybridized carbons (Fsp3) is 0.226. The van der Waals surface area contributed by atoms with Crippen LogP contribution in [0.3, 0.4) is 0 Å². The van der Waals surface area contributed by atoms with Gasteiger partial charge in [0.2, 0.25) is 0 Å². The van der Waals surface area contributed by atoms with Crippen molar-refractivity contribution in [2.75, 3.05) is 0 Å². The predicted octanol–water partition coefficient (Wildman–Crippen LogP) is 7.82. The van der Waals surface area contributed by atoms with E-state index in [9.17, 15) is 14.9 Å². The summed E-state index contributed by atoms with van der Waals surface area (Å²) < 4.78 is 6.81. The summed E-state index contributed by atoms with van der Waals surface area (Å²) in [6, 6.07) is 26.8. The van der Waals surface area contributed by atoms with Gasteiger partial charge in [-0.1, -0.05) is 74.0 Å². The molecule has 0 saturated carbocycles. The number of carbonyl (C=O) groups is 1. The van der Waals surface area contributed by atoms with Gasteiger partial charge in [0.25, 0.3) is 5.69 Å². The molecule has 0 aliphatic rings. The number of benzene rings is 3. The zero-order chi connectivity index (χ0) is 27.1. The van der Waals surface area contributed by atoms with Gasteiger partial charge in [-0.25, -0.2) is 4.40 Å². The molecule has 0 amide bonds. The number of ketones is 1. The standard InChI is InChI=1S/C31H31N3O3S/c1-22(2)31-29(30(35)17-14-24-10-7-11-26(18-24)34(36)37)19-27(33(31)21-25-8-5-4-6-9-25)20-32-38-28-15-12-23(3)13-16-28/h4-13,15-16,18-20,22H,14,17,21H2,1-3H3/b32-20+. The number of hydrogen-bond acceptors (Lipinski definition) is 5. The Morgan fingerprint density at radius 3 is 2.39 bits per heavy atom. The number of hydrogen-bond donors (Lipinski definition) is 0. The molecule has 1 aromatic heterocycles. The van der Waals surface area contributed by atoms with Crippen LogP contribution in [0.5, 0.6) is 0 Å². The summed E-state index contributed by atoms with van der Waals surface area (Å²) in [6.45, 7) is 6.87. The Morgan fingerprint density at radius 1 is 1.00 bits per heavy atom. The molecule has 0 saturated heterocycles. The highest BCUT2D eigenvalue weighted by atomic mass is 32.2. The Labute approximate surface area is 227 Å². The molecule has 0 spiro atoms. The first kappa shape index (κ1) is 27.1. The molecule has 0 bridgehead atoms. The first-order valence-electron chi connectivity index (χ1n) is 12.6. The zero-order valence-corrected chi connectivity index (χ0v) is 22.7. The number of carbonyl (C=O) groups excluding carboxylic acids is 1. The molecule has 4 rings (SSSR count). The van der Waals surface area contributed by atoms with Crippen molar-refractivity contribution in [1.82, 2.24) is 4.57 Å². The van der Waals surface area contributed by atoms with Crippen LogP contribution in [-0.4, -0.2) is 21.5 Å². The third-order valence-electron chi connectivity index (χ3n) is 6.33. The van der Waals surface area contributed by atoms with Crippen LogP contribution in [0.2, 0.25) is 0 Å². The molecule has 0 aliphatic heterocycles. The Morgan fingerprint density at radius 2 is 1.71 bits per heavy atom. The minimum Gasteiger partial charge on any atom is -0.338 e. The molecule has 3 aromatic carbocycles. The normalized spacial score (nSPS) is 11.4. The van der Waals surface area contributed by atoms with E-state index in [1.54, 1.807) is 6.07 Å². The Kier molecular flexibility index (Phi) is 8.92. The molecule has 7 heteroatoms.